The lowest BCUT2D eigenvalue weighted by molar-refractivity contribution is 0.660. The SMILES string of the molecule is Cc1ccc2c(-c3ccc4cc(-c5cccc6ccccc56)ccc4c3)c3ccccc3c(-c3cccc4c3-c3ccccc3C4(C)C)c2c1.Cc1ccc2c(-c3ccc4cc(-c5ccccc5)ccc4c3)c3ccccc3c(-c3cccc4c3-c3ccccc3C4(C)C)c2c1. The first-order valence-electron chi connectivity index (χ1n) is 34.0. The van der Waals surface area contributed by atoms with E-state index in [4.69, 9.17) is 0 Å². The van der Waals surface area contributed by atoms with Crippen LogP contribution >= 0.6 is 0 Å². The molecule has 0 amide bonds. The predicted molar refractivity (Wildman–Crippen MR) is 413 cm³/mol. The van der Waals surface area contributed by atoms with Crippen LogP contribution in [0.2, 0.25) is 0 Å². The number of fused-ring (bicyclic) bond motifs is 13. The van der Waals surface area contributed by atoms with Gasteiger partial charge in [-0.25, -0.2) is 0 Å². The summed E-state index contributed by atoms with van der Waals surface area (Å²) in [6.45, 7) is 13.9. The molecular weight excluding hydrogens is 1150 g/mol. The van der Waals surface area contributed by atoms with Crippen LogP contribution < -0.4 is 0 Å². The van der Waals surface area contributed by atoms with Crippen LogP contribution in [0.3, 0.4) is 0 Å². The number of aryl methyl sites for hydroxylation is 2. The monoisotopic (exact) mass is 1220 g/mol. The lowest BCUT2D eigenvalue weighted by Crippen LogP contribution is -2.14. The fourth-order valence-corrected chi connectivity index (χ4v) is 17.0. The molecule has 0 radical (unpaired) electrons. The molecule has 0 bridgehead atoms. The molecule has 0 aliphatic heterocycles. The van der Waals surface area contributed by atoms with Gasteiger partial charge in [0.25, 0.3) is 0 Å². The maximum Gasteiger partial charge on any atom is 0.0159 e. The molecule has 19 rings (SSSR count). The zero-order chi connectivity index (χ0) is 64.6. The van der Waals surface area contributed by atoms with Gasteiger partial charge in [-0.15, -0.1) is 0 Å². The van der Waals surface area contributed by atoms with Gasteiger partial charge in [-0.2, -0.15) is 0 Å². The zero-order valence-electron chi connectivity index (χ0n) is 55.0. The lowest BCUT2D eigenvalue weighted by Gasteiger charge is -2.23. The Labute approximate surface area is 562 Å². The van der Waals surface area contributed by atoms with Crippen molar-refractivity contribution in [2.45, 2.75) is 52.4 Å². The molecule has 96 heavy (non-hydrogen) atoms. The smallest absolute Gasteiger partial charge is 0.0159 e. The van der Waals surface area contributed by atoms with Gasteiger partial charge < -0.3 is 0 Å². The van der Waals surface area contributed by atoms with E-state index in [1.165, 1.54) is 198 Å². The summed E-state index contributed by atoms with van der Waals surface area (Å²) >= 11 is 0. The summed E-state index contributed by atoms with van der Waals surface area (Å²) in [4.78, 5) is 0. The fourth-order valence-electron chi connectivity index (χ4n) is 17.0. The summed E-state index contributed by atoms with van der Waals surface area (Å²) in [5.41, 5.74) is 28.9. The van der Waals surface area contributed by atoms with Crippen molar-refractivity contribution in [1.29, 1.82) is 0 Å². The molecule has 0 heteroatoms. The molecule has 2 aliphatic rings. The van der Waals surface area contributed by atoms with E-state index in [9.17, 15) is 0 Å². The van der Waals surface area contributed by atoms with E-state index < -0.39 is 0 Å². The van der Waals surface area contributed by atoms with Crippen molar-refractivity contribution < 1.29 is 0 Å². The van der Waals surface area contributed by atoms with Crippen molar-refractivity contribution in [2.24, 2.45) is 0 Å². The number of rotatable bonds is 6. The standard InChI is InChI=1S/C50H36.C46H34/c1-31-22-27-41-44(28-31)48(43-19-11-21-46-49(43)42-17-8-9-20-45(42)50(46,2)3)40-16-7-6-15-39(40)47(41)36-26-24-33-29-35(25-23-34(33)30-36)38-18-10-13-32-12-4-5-14-37(32)38;1-29-20-25-37-40(26-29)44(39-17-11-19-42-45(39)38-16-9-10-18-41(38)46(42,2)3)36-15-8-7-14-35(36)43(37)34-24-23-32-27-31(21-22-33(32)28-34)30-12-5-4-6-13-30/h4-30H,1-3H3;4-28H,1-3H3. The van der Waals surface area contributed by atoms with E-state index in [0.717, 1.165) is 0 Å². The van der Waals surface area contributed by atoms with Crippen LogP contribution in [0.5, 0.6) is 0 Å². The van der Waals surface area contributed by atoms with E-state index in [0.29, 0.717) is 0 Å². The Kier molecular flexibility index (Phi) is 13.2. The highest BCUT2D eigenvalue weighted by Gasteiger charge is 2.39. The van der Waals surface area contributed by atoms with Crippen LogP contribution in [0.1, 0.15) is 61.1 Å². The van der Waals surface area contributed by atoms with Gasteiger partial charge >= 0.3 is 0 Å². The largest absolute Gasteiger partial charge is 0.0622 e. The van der Waals surface area contributed by atoms with Crippen molar-refractivity contribution in [1.82, 2.24) is 0 Å². The van der Waals surface area contributed by atoms with Crippen LogP contribution in [0, 0.1) is 13.8 Å². The van der Waals surface area contributed by atoms with Crippen LogP contribution in [-0.2, 0) is 10.8 Å². The summed E-state index contributed by atoms with van der Waals surface area (Å²) in [6, 6.07) is 118. The molecule has 0 fully saturated rings. The summed E-state index contributed by atoms with van der Waals surface area (Å²) in [7, 11) is 0. The maximum atomic E-state index is 2.41. The molecule has 0 saturated heterocycles. The Morgan fingerprint density at radius 3 is 1.03 bits per heavy atom. The highest BCUT2D eigenvalue weighted by molar-refractivity contribution is 6.25. The summed E-state index contributed by atoms with van der Waals surface area (Å²) in [5.74, 6) is 0. The molecule has 0 heterocycles. The molecule has 0 atom stereocenters. The molecule has 2 aliphatic carbocycles. The maximum absolute atomic E-state index is 2.41. The molecular formula is C96H70. The van der Waals surface area contributed by atoms with Crippen LogP contribution in [0.4, 0.5) is 0 Å². The van der Waals surface area contributed by atoms with Gasteiger partial charge in [-0.3, -0.25) is 0 Å². The fraction of sp³-hybridized carbons (Fsp3) is 0.0833. The molecule has 0 N–H and O–H groups in total. The van der Waals surface area contributed by atoms with Gasteiger partial charge in [0.2, 0.25) is 0 Å². The molecule has 17 aromatic rings. The number of benzene rings is 17. The zero-order valence-corrected chi connectivity index (χ0v) is 55.0. The minimum Gasteiger partial charge on any atom is -0.0622 e. The topological polar surface area (TPSA) is 0 Å². The third-order valence-corrected chi connectivity index (χ3v) is 21.6. The molecule has 0 unspecified atom stereocenters. The Morgan fingerprint density at radius 1 is 0.177 bits per heavy atom. The van der Waals surface area contributed by atoms with E-state index >= 15 is 0 Å². The number of hydrogen-bond donors (Lipinski definition) is 0. The van der Waals surface area contributed by atoms with Gasteiger partial charge in [-0.1, -0.05) is 330 Å². The normalized spacial score (nSPS) is 13.3. The van der Waals surface area contributed by atoms with Gasteiger partial charge in [-0.05, 0) is 225 Å². The average Bonchev–Trinajstić information content (AvgIpc) is 1.60. The van der Waals surface area contributed by atoms with Crippen molar-refractivity contribution in [2.75, 3.05) is 0 Å². The summed E-state index contributed by atoms with van der Waals surface area (Å²) < 4.78 is 0. The molecule has 454 valence electrons. The molecule has 0 saturated carbocycles. The van der Waals surface area contributed by atoms with E-state index in [-0.39, 0.29) is 10.8 Å². The van der Waals surface area contributed by atoms with Gasteiger partial charge in [0.15, 0.2) is 0 Å². The second-order valence-electron chi connectivity index (χ2n) is 27.9. The van der Waals surface area contributed by atoms with Gasteiger partial charge in [0.05, 0.1) is 0 Å². The van der Waals surface area contributed by atoms with E-state index in [1.54, 1.807) is 0 Å². The first-order chi connectivity index (χ1) is 47.0. The Hall–Kier alpha value is -11.4. The Balaban J connectivity index is 0.000000141. The van der Waals surface area contributed by atoms with Crippen LogP contribution in [0.25, 0.3) is 164 Å². The minimum atomic E-state index is -0.0536. The third kappa shape index (κ3) is 8.96. The third-order valence-electron chi connectivity index (χ3n) is 21.6. The molecule has 0 nitrogen and oxygen atoms in total. The summed E-state index contributed by atoms with van der Waals surface area (Å²) in [5, 5.41) is 17.9. The number of hydrogen-bond acceptors (Lipinski definition) is 0. The van der Waals surface area contributed by atoms with Crippen LogP contribution in [0.15, 0.2) is 315 Å². The highest BCUT2D eigenvalue weighted by Crippen LogP contribution is 2.57. The lowest BCUT2D eigenvalue weighted by atomic mass is 9.80. The first kappa shape index (κ1) is 57.2. The molecule has 17 aromatic carbocycles. The Morgan fingerprint density at radius 2 is 0.521 bits per heavy atom. The van der Waals surface area contributed by atoms with Crippen molar-refractivity contribution in [3.63, 3.8) is 0 Å². The Bertz CT molecular complexity index is 6080. The predicted octanol–water partition coefficient (Wildman–Crippen LogP) is 26.7. The van der Waals surface area contributed by atoms with Crippen molar-refractivity contribution >= 4 is 75.4 Å². The second-order valence-corrected chi connectivity index (χ2v) is 27.9. The van der Waals surface area contributed by atoms with Crippen molar-refractivity contribution in [3.05, 3.63) is 349 Å². The van der Waals surface area contributed by atoms with Crippen LogP contribution in [-0.4, -0.2) is 0 Å². The molecule has 0 aromatic heterocycles. The molecule has 0 spiro atoms. The highest BCUT2D eigenvalue weighted by atomic mass is 14.4. The summed E-state index contributed by atoms with van der Waals surface area (Å²) in [6.07, 6.45) is 0. The average molecular weight is 1220 g/mol. The minimum absolute atomic E-state index is 0.0468. The van der Waals surface area contributed by atoms with Gasteiger partial charge in [0, 0.05) is 10.8 Å². The van der Waals surface area contributed by atoms with E-state index in [2.05, 4.69) is 357 Å². The van der Waals surface area contributed by atoms with Crippen molar-refractivity contribution in [3.8, 4) is 89.0 Å². The first-order valence-corrected chi connectivity index (χ1v) is 34.0. The van der Waals surface area contributed by atoms with E-state index in [1.807, 2.05) is 0 Å². The second kappa shape index (κ2) is 22.1. The quantitative estimate of drug-likeness (QED) is 0.146. The van der Waals surface area contributed by atoms with Gasteiger partial charge in [0.1, 0.15) is 0 Å².